The number of halogens is 3. The van der Waals surface area contributed by atoms with Crippen molar-refractivity contribution < 1.29 is 22.8 Å². The molecule has 1 aromatic rings. The van der Waals surface area contributed by atoms with Crippen LogP contribution in [0.4, 0.5) is 18.9 Å². The standard InChI is InChI=1S/C17H20F3N5O2S/c1-16(2)14(27)25(15(28)24(16)6-4-5-13(26)22-3)10-7-11(17(18,19)20)12(8-21)23-9-10/h7,9,15,28H,4-6H2,1-3H3,(H,22,26). The van der Waals surface area contributed by atoms with Crippen molar-refractivity contribution in [1.29, 1.82) is 5.26 Å². The van der Waals surface area contributed by atoms with E-state index in [9.17, 15) is 22.8 Å². The van der Waals surface area contributed by atoms with Crippen LogP contribution in [0.15, 0.2) is 12.3 Å². The third-order valence-corrected chi connectivity index (χ3v) is 5.12. The minimum Gasteiger partial charge on any atom is -0.359 e. The minimum absolute atomic E-state index is 0.0989. The van der Waals surface area contributed by atoms with Crippen molar-refractivity contribution >= 4 is 30.1 Å². The molecule has 1 aromatic heterocycles. The van der Waals surface area contributed by atoms with Crippen molar-refractivity contribution in [3.05, 3.63) is 23.5 Å². The van der Waals surface area contributed by atoms with Crippen molar-refractivity contribution in [2.24, 2.45) is 0 Å². The molecule has 0 bridgehead atoms. The van der Waals surface area contributed by atoms with Crippen LogP contribution in [0.2, 0.25) is 0 Å². The van der Waals surface area contributed by atoms with Gasteiger partial charge in [0.05, 0.1) is 23.0 Å². The first-order valence-corrected chi connectivity index (χ1v) is 8.93. The van der Waals surface area contributed by atoms with Gasteiger partial charge in [-0.15, -0.1) is 12.6 Å². The van der Waals surface area contributed by atoms with Crippen molar-refractivity contribution in [2.75, 3.05) is 18.5 Å². The summed E-state index contributed by atoms with van der Waals surface area (Å²) < 4.78 is 39.7. The molecule has 1 saturated heterocycles. The van der Waals surface area contributed by atoms with E-state index in [1.165, 1.54) is 13.1 Å². The van der Waals surface area contributed by atoms with Crippen LogP contribution < -0.4 is 10.2 Å². The third-order valence-electron chi connectivity index (χ3n) is 4.61. The average molecular weight is 415 g/mol. The Morgan fingerprint density at radius 2 is 2.11 bits per heavy atom. The van der Waals surface area contributed by atoms with E-state index in [0.29, 0.717) is 13.0 Å². The summed E-state index contributed by atoms with van der Waals surface area (Å²) in [7, 11) is 1.52. The van der Waals surface area contributed by atoms with Gasteiger partial charge in [-0.1, -0.05) is 0 Å². The average Bonchev–Trinajstić information content (AvgIpc) is 2.79. The fourth-order valence-electron chi connectivity index (χ4n) is 3.02. The summed E-state index contributed by atoms with van der Waals surface area (Å²) >= 11 is 4.43. The van der Waals surface area contributed by atoms with Crippen LogP contribution in [-0.2, 0) is 15.8 Å². The quantitative estimate of drug-likeness (QED) is 0.720. The molecule has 1 unspecified atom stereocenters. The summed E-state index contributed by atoms with van der Waals surface area (Å²) in [4.78, 5) is 30.7. The number of thiol groups is 1. The van der Waals surface area contributed by atoms with Crippen LogP contribution in [0, 0.1) is 11.3 Å². The van der Waals surface area contributed by atoms with Gasteiger partial charge in [0.15, 0.2) is 5.69 Å². The van der Waals surface area contributed by atoms with E-state index in [1.54, 1.807) is 18.7 Å². The summed E-state index contributed by atoms with van der Waals surface area (Å²) in [6, 6.07) is 2.14. The molecular weight excluding hydrogens is 395 g/mol. The van der Waals surface area contributed by atoms with Gasteiger partial charge in [-0.25, -0.2) is 4.98 Å². The molecule has 2 heterocycles. The molecule has 28 heavy (non-hydrogen) atoms. The minimum atomic E-state index is -4.79. The first-order valence-electron chi connectivity index (χ1n) is 8.41. The fraction of sp³-hybridized carbons (Fsp3) is 0.529. The number of hydrogen-bond acceptors (Lipinski definition) is 6. The summed E-state index contributed by atoms with van der Waals surface area (Å²) in [5.41, 5.74) is -3.96. The summed E-state index contributed by atoms with van der Waals surface area (Å²) in [6.07, 6.45) is -3.04. The van der Waals surface area contributed by atoms with Crippen LogP contribution in [-0.4, -0.2) is 46.3 Å². The van der Waals surface area contributed by atoms with Crippen molar-refractivity contribution in [3.63, 3.8) is 0 Å². The number of nitrogens with zero attached hydrogens (tertiary/aromatic N) is 4. The number of pyridine rings is 1. The number of hydrogen-bond donors (Lipinski definition) is 2. The van der Waals surface area contributed by atoms with Gasteiger partial charge in [0.2, 0.25) is 11.8 Å². The summed E-state index contributed by atoms with van der Waals surface area (Å²) in [5, 5.41) is 11.4. The number of alkyl halides is 3. The highest BCUT2D eigenvalue weighted by Gasteiger charge is 2.51. The van der Waals surface area contributed by atoms with Gasteiger partial charge < -0.3 is 5.32 Å². The molecular formula is C17H20F3N5O2S. The zero-order valence-electron chi connectivity index (χ0n) is 15.5. The van der Waals surface area contributed by atoms with Crippen LogP contribution in [0.5, 0.6) is 0 Å². The Labute approximate surface area is 165 Å². The van der Waals surface area contributed by atoms with Gasteiger partial charge in [-0.2, -0.15) is 18.4 Å². The number of rotatable bonds is 5. The molecule has 0 spiro atoms. The predicted molar refractivity (Wildman–Crippen MR) is 98.3 cm³/mol. The van der Waals surface area contributed by atoms with E-state index in [1.807, 2.05) is 0 Å². The van der Waals surface area contributed by atoms with E-state index in [2.05, 4.69) is 22.9 Å². The maximum absolute atomic E-state index is 13.2. The Morgan fingerprint density at radius 3 is 2.64 bits per heavy atom. The SMILES string of the molecule is CNC(=O)CCCN1C(S)N(c2cnc(C#N)c(C(F)(F)F)c2)C(=O)C1(C)C. The molecule has 2 amide bonds. The highest BCUT2D eigenvalue weighted by Crippen LogP contribution is 2.39. The maximum Gasteiger partial charge on any atom is 0.419 e. The first-order chi connectivity index (χ1) is 12.9. The molecule has 11 heteroatoms. The molecule has 0 saturated carbocycles. The number of carbonyl (C=O) groups is 2. The zero-order valence-corrected chi connectivity index (χ0v) is 16.4. The topological polar surface area (TPSA) is 89.3 Å². The maximum atomic E-state index is 13.2. The first kappa shape index (κ1) is 22.0. The van der Waals surface area contributed by atoms with Gasteiger partial charge in [-0.3, -0.25) is 19.4 Å². The Morgan fingerprint density at radius 1 is 1.46 bits per heavy atom. The predicted octanol–water partition coefficient (Wildman–Crippen LogP) is 2.14. The lowest BCUT2D eigenvalue weighted by Gasteiger charge is -2.30. The molecule has 1 fully saturated rings. The van der Waals surface area contributed by atoms with E-state index < -0.39 is 34.4 Å². The lowest BCUT2D eigenvalue weighted by molar-refractivity contribution is -0.138. The number of aromatic nitrogens is 1. The number of nitrogens with one attached hydrogen (secondary N) is 1. The Balaban J connectivity index is 2.35. The zero-order chi connectivity index (χ0) is 21.3. The molecule has 1 N–H and O–H groups in total. The van der Waals surface area contributed by atoms with Gasteiger partial charge in [0, 0.05) is 20.0 Å². The second-order valence-corrected chi connectivity index (χ2v) is 7.21. The Kier molecular flexibility index (Phi) is 6.25. The largest absolute Gasteiger partial charge is 0.419 e. The number of amides is 2. The van der Waals surface area contributed by atoms with Gasteiger partial charge >= 0.3 is 6.18 Å². The molecule has 1 aliphatic rings. The lowest BCUT2D eigenvalue weighted by atomic mass is 10.0. The van der Waals surface area contributed by atoms with Crippen molar-refractivity contribution in [2.45, 2.75) is 43.9 Å². The molecule has 0 aromatic carbocycles. The highest BCUT2D eigenvalue weighted by molar-refractivity contribution is 7.81. The summed E-state index contributed by atoms with van der Waals surface area (Å²) in [5.74, 6) is -0.603. The van der Waals surface area contributed by atoms with Crippen LogP contribution in [0.25, 0.3) is 0 Å². The normalized spacial score (nSPS) is 19.6. The Hall–Kier alpha value is -2.32. The number of carbonyl (C=O) groups excluding carboxylic acids is 2. The van der Waals surface area contributed by atoms with E-state index in [4.69, 9.17) is 5.26 Å². The van der Waals surface area contributed by atoms with Crippen molar-refractivity contribution in [3.8, 4) is 6.07 Å². The van der Waals surface area contributed by atoms with Crippen LogP contribution >= 0.6 is 12.6 Å². The molecule has 152 valence electrons. The highest BCUT2D eigenvalue weighted by atomic mass is 32.1. The molecule has 0 aliphatic carbocycles. The Bertz CT molecular complexity index is 822. The van der Waals surface area contributed by atoms with Gasteiger partial charge in [0.25, 0.3) is 0 Å². The third kappa shape index (κ3) is 4.07. The molecule has 1 atom stereocenters. The monoisotopic (exact) mass is 415 g/mol. The molecule has 1 aliphatic heterocycles. The smallest absolute Gasteiger partial charge is 0.359 e. The second-order valence-electron chi connectivity index (χ2n) is 6.75. The fourth-order valence-corrected chi connectivity index (χ4v) is 3.66. The van der Waals surface area contributed by atoms with E-state index in [-0.39, 0.29) is 18.0 Å². The van der Waals surface area contributed by atoms with Gasteiger partial charge in [-0.05, 0) is 26.3 Å². The van der Waals surface area contributed by atoms with E-state index in [0.717, 1.165) is 17.2 Å². The lowest BCUT2D eigenvalue weighted by Crippen LogP contribution is -2.45. The number of anilines is 1. The molecule has 2 rings (SSSR count). The van der Waals surface area contributed by atoms with Gasteiger partial charge in [0.1, 0.15) is 11.6 Å². The van der Waals surface area contributed by atoms with Crippen LogP contribution in [0.1, 0.15) is 37.9 Å². The van der Waals surface area contributed by atoms with Crippen molar-refractivity contribution in [1.82, 2.24) is 15.2 Å². The van der Waals surface area contributed by atoms with Crippen LogP contribution in [0.3, 0.4) is 0 Å². The summed E-state index contributed by atoms with van der Waals surface area (Å²) in [6.45, 7) is 3.62. The van der Waals surface area contributed by atoms with E-state index >= 15 is 0 Å². The molecule has 0 radical (unpaired) electrons. The molecule has 7 nitrogen and oxygen atoms in total. The second kappa shape index (κ2) is 7.97. The number of nitriles is 1.